The summed E-state index contributed by atoms with van der Waals surface area (Å²) in [7, 11) is 1.81. The zero-order valence-corrected chi connectivity index (χ0v) is 18.9. The Morgan fingerprint density at radius 2 is 1.93 bits per heavy atom. The highest BCUT2D eigenvalue weighted by molar-refractivity contribution is 8.00. The fourth-order valence-electron chi connectivity index (χ4n) is 2.93. The first-order valence-corrected chi connectivity index (χ1v) is 10.7. The number of benzene rings is 1. The molecule has 160 valence electrons. The maximum atomic E-state index is 13.2. The first-order valence-electron chi connectivity index (χ1n) is 9.77. The van der Waals surface area contributed by atoms with Crippen molar-refractivity contribution in [2.45, 2.75) is 57.0 Å². The zero-order chi connectivity index (χ0) is 22.1. The summed E-state index contributed by atoms with van der Waals surface area (Å²) in [5, 5.41) is 14.8. The molecular weight excluding hydrogens is 402 g/mol. The monoisotopic (exact) mass is 429 g/mol. The highest BCUT2D eigenvalue weighted by atomic mass is 32.2. The molecule has 0 aliphatic heterocycles. The SMILES string of the molecule is CCC(C)(C)NC(=O)C(C)Sc1nnnn1-c1c(C)n(C)n(-c2ccccc2)c1=O. The maximum Gasteiger partial charge on any atom is 0.297 e. The topological polar surface area (TPSA) is 99.6 Å². The van der Waals surface area contributed by atoms with Crippen molar-refractivity contribution in [3.05, 3.63) is 46.4 Å². The second kappa shape index (κ2) is 8.47. The van der Waals surface area contributed by atoms with Crippen LogP contribution in [0.2, 0.25) is 0 Å². The van der Waals surface area contributed by atoms with Crippen LogP contribution in [0.25, 0.3) is 11.4 Å². The lowest BCUT2D eigenvalue weighted by molar-refractivity contribution is -0.121. The van der Waals surface area contributed by atoms with E-state index in [-0.39, 0.29) is 17.0 Å². The quantitative estimate of drug-likeness (QED) is 0.578. The van der Waals surface area contributed by atoms with Gasteiger partial charge in [-0.1, -0.05) is 36.9 Å². The van der Waals surface area contributed by atoms with Crippen molar-refractivity contribution in [1.82, 2.24) is 34.9 Å². The van der Waals surface area contributed by atoms with E-state index in [9.17, 15) is 9.59 Å². The molecule has 0 spiro atoms. The smallest absolute Gasteiger partial charge is 0.297 e. The van der Waals surface area contributed by atoms with Crippen LogP contribution in [0, 0.1) is 6.92 Å². The average Bonchev–Trinajstić information content (AvgIpc) is 3.24. The van der Waals surface area contributed by atoms with Gasteiger partial charge in [0.2, 0.25) is 11.1 Å². The third-order valence-corrected chi connectivity index (χ3v) is 6.21. The van der Waals surface area contributed by atoms with E-state index in [1.54, 1.807) is 16.3 Å². The van der Waals surface area contributed by atoms with Crippen molar-refractivity contribution in [2.24, 2.45) is 7.05 Å². The van der Waals surface area contributed by atoms with Gasteiger partial charge in [0.05, 0.1) is 16.6 Å². The number of hydrogen-bond acceptors (Lipinski definition) is 6. The Kier molecular flexibility index (Phi) is 6.16. The molecule has 0 radical (unpaired) electrons. The molecule has 1 amide bonds. The summed E-state index contributed by atoms with van der Waals surface area (Å²) in [4.78, 5) is 25.8. The van der Waals surface area contributed by atoms with Gasteiger partial charge in [0, 0.05) is 12.6 Å². The Bertz CT molecular complexity index is 1100. The summed E-state index contributed by atoms with van der Waals surface area (Å²) in [6, 6.07) is 9.37. The van der Waals surface area contributed by atoms with Gasteiger partial charge >= 0.3 is 0 Å². The lowest BCUT2D eigenvalue weighted by Crippen LogP contribution is -2.46. The molecule has 0 bridgehead atoms. The van der Waals surface area contributed by atoms with Gasteiger partial charge in [0.15, 0.2) is 5.69 Å². The summed E-state index contributed by atoms with van der Waals surface area (Å²) >= 11 is 1.22. The van der Waals surface area contributed by atoms with Crippen LogP contribution in [0.15, 0.2) is 40.3 Å². The molecule has 0 fully saturated rings. The van der Waals surface area contributed by atoms with E-state index in [0.717, 1.165) is 12.1 Å². The minimum Gasteiger partial charge on any atom is -0.350 e. The van der Waals surface area contributed by atoms with Crippen LogP contribution in [-0.4, -0.2) is 46.3 Å². The minimum atomic E-state index is -0.430. The van der Waals surface area contributed by atoms with Crippen molar-refractivity contribution in [2.75, 3.05) is 0 Å². The highest BCUT2D eigenvalue weighted by Gasteiger charge is 2.27. The number of thioether (sulfide) groups is 1. The molecule has 3 aromatic rings. The van der Waals surface area contributed by atoms with Gasteiger partial charge in [-0.25, -0.2) is 4.68 Å². The van der Waals surface area contributed by atoms with E-state index in [2.05, 4.69) is 20.8 Å². The van der Waals surface area contributed by atoms with Gasteiger partial charge < -0.3 is 5.32 Å². The Hall–Kier alpha value is -2.88. The fraction of sp³-hybridized carbons (Fsp3) is 0.450. The van der Waals surface area contributed by atoms with Crippen LogP contribution in [0.4, 0.5) is 0 Å². The lowest BCUT2D eigenvalue weighted by Gasteiger charge is -2.26. The van der Waals surface area contributed by atoms with Gasteiger partial charge in [0.1, 0.15) is 0 Å². The third-order valence-electron chi connectivity index (χ3n) is 5.17. The lowest BCUT2D eigenvalue weighted by atomic mass is 10.0. The Morgan fingerprint density at radius 1 is 1.27 bits per heavy atom. The van der Waals surface area contributed by atoms with Crippen LogP contribution >= 0.6 is 11.8 Å². The molecule has 1 unspecified atom stereocenters. The first kappa shape index (κ1) is 21.8. The number of nitrogens with one attached hydrogen (secondary N) is 1. The van der Waals surface area contributed by atoms with Crippen molar-refractivity contribution in [3.8, 4) is 11.4 Å². The van der Waals surface area contributed by atoms with Gasteiger partial charge in [-0.05, 0) is 56.7 Å². The van der Waals surface area contributed by atoms with Crippen LogP contribution in [0.3, 0.4) is 0 Å². The van der Waals surface area contributed by atoms with Crippen LogP contribution < -0.4 is 10.9 Å². The number of amides is 1. The number of rotatable bonds is 7. The molecule has 1 N–H and O–H groups in total. The molecule has 9 nitrogen and oxygen atoms in total. The third kappa shape index (κ3) is 4.18. The molecule has 2 heterocycles. The molecule has 0 aliphatic carbocycles. The number of carbonyl (C=O) groups excluding carboxylic acids is 1. The zero-order valence-electron chi connectivity index (χ0n) is 18.1. The van der Waals surface area contributed by atoms with Crippen molar-refractivity contribution in [3.63, 3.8) is 0 Å². The molecular formula is C20H27N7O2S. The van der Waals surface area contributed by atoms with Crippen molar-refractivity contribution < 1.29 is 4.79 Å². The van der Waals surface area contributed by atoms with Gasteiger partial charge in [-0.3, -0.25) is 14.3 Å². The van der Waals surface area contributed by atoms with Gasteiger partial charge in [-0.15, -0.1) is 5.10 Å². The average molecular weight is 430 g/mol. The molecule has 0 saturated carbocycles. The Labute approximate surface area is 179 Å². The van der Waals surface area contributed by atoms with Gasteiger partial charge in [-0.2, -0.15) is 4.68 Å². The number of para-hydroxylation sites is 1. The molecule has 0 saturated heterocycles. The molecule has 3 rings (SSSR count). The summed E-state index contributed by atoms with van der Waals surface area (Å²) in [6.07, 6.45) is 0.816. The van der Waals surface area contributed by atoms with Crippen LogP contribution in [0.1, 0.15) is 39.8 Å². The summed E-state index contributed by atoms with van der Waals surface area (Å²) in [5.74, 6) is -0.104. The fourth-order valence-corrected chi connectivity index (χ4v) is 3.72. The second-order valence-corrected chi connectivity index (χ2v) is 9.08. The molecule has 10 heteroatoms. The van der Waals surface area contributed by atoms with E-state index in [0.29, 0.717) is 16.5 Å². The van der Waals surface area contributed by atoms with Crippen molar-refractivity contribution in [1.29, 1.82) is 0 Å². The summed E-state index contributed by atoms with van der Waals surface area (Å²) in [5.41, 5.74) is 1.28. The highest BCUT2D eigenvalue weighted by Crippen LogP contribution is 2.24. The molecule has 2 aromatic heterocycles. The van der Waals surface area contributed by atoms with Crippen LogP contribution in [-0.2, 0) is 11.8 Å². The first-order chi connectivity index (χ1) is 14.2. The molecule has 1 aromatic carbocycles. The minimum absolute atomic E-state index is 0.104. The van der Waals surface area contributed by atoms with Crippen LogP contribution in [0.5, 0.6) is 0 Å². The predicted molar refractivity (Wildman–Crippen MR) is 116 cm³/mol. The second-order valence-electron chi connectivity index (χ2n) is 7.77. The number of carbonyl (C=O) groups is 1. The number of hydrogen-bond donors (Lipinski definition) is 1. The summed E-state index contributed by atoms with van der Waals surface area (Å²) in [6.45, 7) is 9.61. The Morgan fingerprint density at radius 3 is 2.57 bits per heavy atom. The maximum absolute atomic E-state index is 13.2. The number of aromatic nitrogens is 6. The summed E-state index contributed by atoms with van der Waals surface area (Å²) < 4.78 is 4.75. The normalized spacial score (nSPS) is 12.7. The van der Waals surface area contributed by atoms with E-state index >= 15 is 0 Å². The van der Waals surface area contributed by atoms with Crippen molar-refractivity contribution >= 4 is 17.7 Å². The number of tetrazole rings is 1. The van der Waals surface area contributed by atoms with Gasteiger partial charge in [0.25, 0.3) is 5.56 Å². The largest absolute Gasteiger partial charge is 0.350 e. The van der Waals surface area contributed by atoms with E-state index in [1.165, 1.54) is 16.4 Å². The molecule has 1 atom stereocenters. The van der Waals surface area contributed by atoms with E-state index in [4.69, 9.17) is 0 Å². The molecule has 0 aliphatic rings. The Balaban J connectivity index is 1.95. The van der Waals surface area contributed by atoms with E-state index in [1.807, 2.05) is 65.1 Å². The standard InChI is InChI=1S/C20H27N7O2S/c1-7-20(4,5)21-17(28)14(3)30-19-22-23-24-26(19)16-13(2)25(6)27(18(16)29)15-11-9-8-10-12-15/h8-12,14H,7H2,1-6H3,(H,21,28). The molecule has 30 heavy (non-hydrogen) atoms. The predicted octanol–water partition coefficient (Wildman–Crippen LogP) is 2.25. The number of nitrogens with zero attached hydrogens (tertiary/aromatic N) is 6. The van der Waals surface area contributed by atoms with E-state index < -0.39 is 5.25 Å².